The van der Waals surface area contributed by atoms with Crippen LogP contribution in [0.15, 0.2) is 52.9 Å². The second kappa shape index (κ2) is 5.76. The minimum Gasteiger partial charge on any atom is -0.412 e. The van der Waals surface area contributed by atoms with Crippen molar-refractivity contribution in [3.05, 3.63) is 65.0 Å². The third kappa shape index (κ3) is 2.47. The molecule has 6 heteroatoms. The zero-order chi connectivity index (χ0) is 16.7. The lowest BCUT2D eigenvalue weighted by Crippen LogP contribution is -2.35. The Hall–Kier alpha value is -2.66. The highest BCUT2D eigenvalue weighted by atomic mass is 35.5. The highest BCUT2D eigenvalue weighted by molar-refractivity contribution is 6.30. The van der Waals surface area contributed by atoms with E-state index in [0.717, 1.165) is 23.2 Å². The molecule has 1 aromatic heterocycles. The number of para-hydroxylation sites is 1. The highest BCUT2D eigenvalue weighted by Crippen LogP contribution is 2.33. The van der Waals surface area contributed by atoms with Crippen LogP contribution in [0, 0.1) is 0 Å². The number of aromatic nitrogens is 2. The number of hydrogen-bond donors (Lipinski definition) is 0. The predicted molar refractivity (Wildman–Crippen MR) is 91.2 cm³/mol. The van der Waals surface area contributed by atoms with Crippen LogP contribution in [-0.4, -0.2) is 22.1 Å². The van der Waals surface area contributed by atoms with Gasteiger partial charge in [-0.15, -0.1) is 10.2 Å². The molecule has 0 spiro atoms. The lowest BCUT2D eigenvalue weighted by molar-refractivity contribution is 0.0948. The van der Waals surface area contributed by atoms with Crippen molar-refractivity contribution in [1.82, 2.24) is 10.2 Å². The van der Waals surface area contributed by atoms with Crippen LogP contribution in [0.2, 0.25) is 5.02 Å². The van der Waals surface area contributed by atoms with E-state index in [1.54, 1.807) is 29.2 Å². The Morgan fingerprint density at radius 3 is 2.71 bits per heavy atom. The number of fused-ring (bicyclic) bond motifs is 1. The van der Waals surface area contributed by atoms with Crippen molar-refractivity contribution < 1.29 is 9.21 Å². The zero-order valence-corrected chi connectivity index (χ0v) is 13.7. The van der Waals surface area contributed by atoms with E-state index in [0.29, 0.717) is 10.9 Å². The number of halogens is 1. The molecule has 3 aromatic rings. The first-order valence-electron chi connectivity index (χ1n) is 7.64. The van der Waals surface area contributed by atoms with Gasteiger partial charge in [-0.25, -0.2) is 0 Å². The van der Waals surface area contributed by atoms with E-state index < -0.39 is 0 Å². The lowest BCUT2D eigenvalue weighted by Gasteiger charge is -2.20. The maximum atomic E-state index is 12.8. The van der Waals surface area contributed by atoms with E-state index in [-0.39, 0.29) is 17.8 Å². The minimum absolute atomic E-state index is 0.0106. The van der Waals surface area contributed by atoms with Crippen LogP contribution >= 0.6 is 11.6 Å². The number of benzene rings is 2. The third-order valence-corrected chi connectivity index (χ3v) is 4.38. The summed E-state index contributed by atoms with van der Waals surface area (Å²) in [6, 6.07) is 15.0. The number of carbonyl (C=O) groups is 1. The van der Waals surface area contributed by atoms with Gasteiger partial charge < -0.3 is 9.32 Å². The molecular formula is C18H14ClN3O2. The summed E-state index contributed by atoms with van der Waals surface area (Å²) in [6.07, 6.45) is 0.820. The van der Waals surface area contributed by atoms with Crippen LogP contribution in [-0.2, 0) is 6.42 Å². The highest BCUT2D eigenvalue weighted by Gasteiger charge is 2.34. The van der Waals surface area contributed by atoms with Gasteiger partial charge in [0, 0.05) is 22.3 Å². The number of hydrogen-bond acceptors (Lipinski definition) is 4. The number of amides is 1. The Kier molecular flexibility index (Phi) is 3.58. The molecule has 2 aromatic carbocycles. The predicted octanol–water partition coefficient (Wildman–Crippen LogP) is 3.98. The Labute approximate surface area is 143 Å². The summed E-state index contributed by atoms with van der Waals surface area (Å²) in [5.41, 5.74) is 2.78. The molecule has 5 nitrogen and oxygen atoms in total. The smallest absolute Gasteiger partial charge is 0.316 e. The summed E-state index contributed by atoms with van der Waals surface area (Å²) >= 11 is 5.88. The average molecular weight is 340 g/mol. The Morgan fingerprint density at radius 1 is 1.17 bits per heavy atom. The van der Waals surface area contributed by atoms with Crippen LogP contribution in [0.3, 0.4) is 0 Å². The quantitative estimate of drug-likeness (QED) is 0.708. The van der Waals surface area contributed by atoms with Gasteiger partial charge in [-0.2, -0.15) is 0 Å². The van der Waals surface area contributed by atoms with Crippen LogP contribution < -0.4 is 4.90 Å². The first-order valence-corrected chi connectivity index (χ1v) is 8.02. The molecule has 0 bridgehead atoms. The largest absolute Gasteiger partial charge is 0.412 e. The minimum atomic E-state index is -0.278. The molecule has 0 saturated carbocycles. The van der Waals surface area contributed by atoms with Gasteiger partial charge in [0.25, 0.3) is 0 Å². The van der Waals surface area contributed by atoms with Gasteiger partial charge in [0.05, 0.1) is 0 Å². The van der Waals surface area contributed by atoms with Crippen molar-refractivity contribution in [2.24, 2.45) is 0 Å². The molecule has 0 N–H and O–H groups in total. The second-order valence-electron chi connectivity index (χ2n) is 5.78. The van der Waals surface area contributed by atoms with E-state index >= 15 is 0 Å². The number of carbonyl (C=O) groups excluding carboxylic acids is 1. The summed E-state index contributed by atoms with van der Waals surface area (Å²) in [5.74, 6) is 0.0128. The summed E-state index contributed by atoms with van der Waals surface area (Å²) < 4.78 is 5.59. The van der Waals surface area contributed by atoms with Gasteiger partial charge in [0.1, 0.15) is 0 Å². The lowest BCUT2D eigenvalue weighted by atomic mass is 10.1. The molecule has 0 aliphatic carbocycles. The average Bonchev–Trinajstić information content (AvgIpc) is 3.19. The van der Waals surface area contributed by atoms with Gasteiger partial charge in [-0.3, -0.25) is 4.79 Å². The molecule has 24 heavy (non-hydrogen) atoms. The molecule has 1 aliphatic rings. The van der Waals surface area contributed by atoms with Crippen molar-refractivity contribution in [2.45, 2.75) is 19.4 Å². The van der Waals surface area contributed by atoms with Gasteiger partial charge >= 0.3 is 11.8 Å². The van der Waals surface area contributed by atoms with E-state index in [9.17, 15) is 4.79 Å². The van der Waals surface area contributed by atoms with Crippen LogP contribution in [0.25, 0.3) is 11.5 Å². The molecule has 1 atom stereocenters. The topological polar surface area (TPSA) is 59.2 Å². The summed E-state index contributed by atoms with van der Waals surface area (Å²) in [7, 11) is 0. The molecule has 120 valence electrons. The van der Waals surface area contributed by atoms with E-state index in [1.807, 2.05) is 31.2 Å². The maximum absolute atomic E-state index is 12.8. The molecule has 0 radical (unpaired) electrons. The van der Waals surface area contributed by atoms with Gasteiger partial charge in [-0.1, -0.05) is 29.8 Å². The SMILES string of the molecule is CC1Cc2ccccc2N1C(=O)c1nnc(-c2ccc(Cl)cc2)o1. The second-order valence-corrected chi connectivity index (χ2v) is 6.21. The van der Waals surface area contributed by atoms with E-state index in [1.165, 1.54) is 0 Å². The Morgan fingerprint density at radius 2 is 1.92 bits per heavy atom. The number of nitrogens with zero attached hydrogens (tertiary/aromatic N) is 3. The molecule has 4 rings (SSSR count). The van der Waals surface area contributed by atoms with Crippen LogP contribution in [0.4, 0.5) is 5.69 Å². The Bertz CT molecular complexity index is 905. The van der Waals surface area contributed by atoms with Crippen LogP contribution in [0.1, 0.15) is 23.2 Å². The van der Waals surface area contributed by atoms with Crippen molar-refractivity contribution in [2.75, 3.05) is 4.90 Å². The molecule has 2 heterocycles. The Balaban J connectivity index is 1.65. The molecule has 0 fully saturated rings. The number of rotatable bonds is 2. The zero-order valence-electron chi connectivity index (χ0n) is 12.9. The van der Waals surface area contributed by atoms with Gasteiger partial charge in [0.15, 0.2) is 0 Å². The van der Waals surface area contributed by atoms with Crippen molar-refractivity contribution in [3.8, 4) is 11.5 Å². The summed E-state index contributed by atoms with van der Waals surface area (Å²) in [6.45, 7) is 2.01. The van der Waals surface area contributed by atoms with Crippen molar-refractivity contribution >= 4 is 23.2 Å². The molecule has 1 unspecified atom stereocenters. The third-order valence-electron chi connectivity index (χ3n) is 4.13. The summed E-state index contributed by atoms with van der Waals surface area (Å²) in [4.78, 5) is 14.5. The first-order chi connectivity index (χ1) is 11.6. The fourth-order valence-corrected chi connectivity index (χ4v) is 3.12. The fourth-order valence-electron chi connectivity index (χ4n) is 3.00. The van der Waals surface area contributed by atoms with Crippen molar-refractivity contribution in [3.63, 3.8) is 0 Å². The van der Waals surface area contributed by atoms with E-state index in [4.69, 9.17) is 16.0 Å². The molecule has 1 aliphatic heterocycles. The van der Waals surface area contributed by atoms with Crippen molar-refractivity contribution in [1.29, 1.82) is 0 Å². The monoisotopic (exact) mass is 339 g/mol. The standard InChI is InChI=1S/C18H14ClN3O2/c1-11-10-13-4-2-3-5-15(13)22(11)18(23)17-21-20-16(24-17)12-6-8-14(19)9-7-12/h2-9,11H,10H2,1H3. The maximum Gasteiger partial charge on any atom is 0.316 e. The summed E-state index contributed by atoms with van der Waals surface area (Å²) in [5, 5.41) is 8.53. The van der Waals surface area contributed by atoms with Gasteiger partial charge in [-0.05, 0) is 49.2 Å². The van der Waals surface area contributed by atoms with E-state index in [2.05, 4.69) is 10.2 Å². The first kappa shape index (κ1) is 14.9. The van der Waals surface area contributed by atoms with Gasteiger partial charge in [0.2, 0.25) is 5.89 Å². The molecule has 0 saturated heterocycles. The number of anilines is 1. The normalized spacial score (nSPS) is 16.2. The van der Waals surface area contributed by atoms with Crippen LogP contribution in [0.5, 0.6) is 0 Å². The molecular weight excluding hydrogens is 326 g/mol. The fraction of sp³-hybridized carbons (Fsp3) is 0.167. The molecule has 1 amide bonds.